The van der Waals surface area contributed by atoms with E-state index >= 15 is 0 Å². The van der Waals surface area contributed by atoms with E-state index in [0.717, 1.165) is 29.9 Å². The summed E-state index contributed by atoms with van der Waals surface area (Å²) in [6, 6.07) is 8.44. The zero-order valence-corrected chi connectivity index (χ0v) is 17.0. The Kier molecular flexibility index (Phi) is 4.42. The smallest absolute Gasteiger partial charge is 0.227 e. The number of likely N-dealkylation sites (tertiary alicyclic amines) is 1. The number of thiazole rings is 1. The predicted octanol–water partition coefficient (Wildman–Crippen LogP) is 5.59. The minimum absolute atomic E-state index is 0.0734. The van der Waals surface area contributed by atoms with Crippen molar-refractivity contribution in [3.05, 3.63) is 40.9 Å². The maximum absolute atomic E-state index is 13.4. The van der Waals surface area contributed by atoms with Crippen LogP contribution in [0.4, 0.5) is 0 Å². The molecule has 1 amide bonds. The standard InChI is InChI=1S/C22H28N2OS/c1-14(2)13-15-19(22(15,3)4)21(25)24-12-8-7-10-17(24)20-23-16-9-5-6-11-18(16)26-20/h5-6,9,11,13,15,17,19H,7-8,10,12H2,1-4H3. The van der Waals surface area contributed by atoms with Crippen LogP contribution in [0.2, 0.25) is 0 Å². The molecule has 1 aliphatic heterocycles. The molecule has 1 aromatic heterocycles. The Morgan fingerprint density at radius 2 is 2.04 bits per heavy atom. The molecule has 3 unspecified atom stereocenters. The van der Waals surface area contributed by atoms with E-state index in [4.69, 9.17) is 4.98 Å². The fourth-order valence-electron chi connectivity index (χ4n) is 4.48. The highest BCUT2D eigenvalue weighted by Crippen LogP contribution is 2.60. The second-order valence-electron chi connectivity index (χ2n) is 8.63. The Labute approximate surface area is 160 Å². The van der Waals surface area contributed by atoms with Gasteiger partial charge in [0.25, 0.3) is 0 Å². The molecule has 4 rings (SSSR count). The molecule has 2 aromatic rings. The highest BCUT2D eigenvalue weighted by atomic mass is 32.1. The number of aromatic nitrogens is 1. The third-order valence-corrected chi connectivity index (χ3v) is 7.21. The average Bonchev–Trinajstić information content (AvgIpc) is 2.96. The highest BCUT2D eigenvalue weighted by molar-refractivity contribution is 7.18. The fourth-order valence-corrected chi connectivity index (χ4v) is 5.60. The number of para-hydroxylation sites is 1. The van der Waals surface area contributed by atoms with Crippen LogP contribution in [0.3, 0.4) is 0 Å². The molecule has 0 spiro atoms. The molecule has 4 heteroatoms. The second kappa shape index (κ2) is 6.49. The normalized spacial score (nSPS) is 27.4. The van der Waals surface area contributed by atoms with Crippen LogP contribution in [-0.4, -0.2) is 22.3 Å². The van der Waals surface area contributed by atoms with Crippen molar-refractivity contribution in [2.24, 2.45) is 17.3 Å². The molecule has 26 heavy (non-hydrogen) atoms. The number of hydrogen-bond donors (Lipinski definition) is 0. The van der Waals surface area contributed by atoms with E-state index in [-0.39, 0.29) is 17.4 Å². The van der Waals surface area contributed by atoms with Crippen molar-refractivity contribution in [3.63, 3.8) is 0 Å². The Bertz CT molecular complexity index is 829. The van der Waals surface area contributed by atoms with Crippen LogP contribution >= 0.6 is 11.3 Å². The van der Waals surface area contributed by atoms with Crippen LogP contribution in [-0.2, 0) is 4.79 Å². The van der Waals surface area contributed by atoms with Crippen LogP contribution in [0.1, 0.15) is 58.0 Å². The van der Waals surface area contributed by atoms with Gasteiger partial charge in [-0.05, 0) is 56.6 Å². The summed E-state index contributed by atoms with van der Waals surface area (Å²) in [5.74, 6) is 0.826. The topological polar surface area (TPSA) is 33.2 Å². The molecular weight excluding hydrogens is 340 g/mol. The molecule has 3 nitrogen and oxygen atoms in total. The Balaban J connectivity index is 1.62. The zero-order valence-electron chi connectivity index (χ0n) is 16.2. The third-order valence-electron chi connectivity index (χ3n) is 6.07. The van der Waals surface area contributed by atoms with E-state index in [1.54, 1.807) is 11.3 Å². The molecule has 2 fully saturated rings. The Morgan fingerprint density at radius 1 is 1.27 bits per heavy atom. The van der Waals surface area contributed by atoms with Crippen LogP contribution in [0.25, 0.3) is 10.2 Å². The van der Waals surface area contributed by atoms with Gasteiger partial charge in [0.2, 0.25) is 5.91 Å². The molecular formula is C22H28N2OS. The summed E-state index contributed by atoms with van der Waals surface area (Å²) in [6.07, 6.45) is 5.61. The minimum atomic E-state index is 0.0734. The van der Waals surface area contributed by atoms with Gasteiger partial charge in [-0.15, -0.1) is 11.3 Å². The lowest BCUT2D eigenvalue weighted by molar-refractivity contribution is -0.137. The fraction of sp³-hybridized carbons (Fsp3) is 0.545. The van der Waals surface area contributed by atoms with Gasteiger partial charge in [-0.2, -0.15) is 0 Å². The molecule has 0 bridgehead atoms. The van der Waals surface area contributed by atoms with Crippen LogP contribution < -0.4 is 0 Å². The first-order valence-electron chi connectivity index (χ1n) is 9.70. The number of piperidine rings is 1. The van der Waals surface area contributed by atoms with Crippen LogP contribution in [0.5, 0.6) is 0 Å². The highest BCUT2D eigenvalue weighted by Gasteiger charge is 2.61. The van der Waals surface area contributed by atoms with E-state index < -0.39 is 0 Å². The summed E-state index contributed by atoms with van der Waals surface area (Å²) in [7, 11) is 0. The molecule has 138 valence electrons. The molecule has 2 aliphatic rings. The lowest BCUT2D eigenvalue weighted by Gasteiger charge is -2.35. The van der Waals surface area contributed by atoms with Gasteiger partial charge in [-0.3, -0.25) is 4.79 Å². The van der Waals surface area contributed by atoms with Crippen molar-refractivity contribution in [2.75, 3.05) is 6.54 Å². The van der Waals surface area contributed by atoms with Crippen molar-refractivity contribution in [1.82, 2.24) is 9.88 Å². The van der Waals surface area contributed by atoms with Gasteiger partial charge in [0, 0.05) is 6.54 Å². The molecule has 2 heterocycles. The number of hydrogen-bond acceptors (Lipinski definition) is 3. The number of allylic oxidation sites excluding steroid dienone is 2. The van der Waals surface area contributed by atoms with Gasteiger partial charge in [0.15, 0.2) is 0 Å². The minimum Gasteiger partial charge on any atom is -0.333 e. The first-order chi connectivity index (χ1) is 12.4. The lowest BCUT2D eigenvalue weighted by atomic mass is 10.0. The number of nitrogens with zero attached hydrogens (tertiary/aromatic N) is 2. The molecule has 0 radical (unpaired) electrons. The van der Waals surface area contributed by atoms with E-state index in [0.29, 0.717) is 11.8 Å². The molecule has 1 saturated carbocycles. The van der Waals surface area contributed by atoms with Gasteiger partial charge in [-0.25, -0.2) is 4.98 Å². The molecule has 1 saturated heterocycles. The lowest BCUT2D eigenvalue weighted by Crippen LogP contribution is -2.40. The van der Waals surface area contributed by atoms with E-state index in [2.05, 4.69) is 56.9 Å². The summed E-state index contributed by atoms with van der Waals surface area (Å²) in [5, 5.41) is 1.11. The van der Waals surface area contributed by atoms with Gasteiger partial charge in [0.05, 0.1) is 22.2 Å². The van der Waals surface area contributed by atoms with Crippen molar-refractivity contribution in [3.8, 4) is 0 Å². The maximum atomic E-state index is 13.4. The molecule has 3 atom stereocenters. The number of rotatable bonds is 3. The number of amides is 1. The summed E-state index contributed by atoms with van der Waals surface area (Å²) < 4.78 is 1.22. The summed E-state index contributed by atoms with van der Waals surface area (Å²) in [6.45, 7) is 9.59. The van der Waals surface area contributed by atoms with Crippen LogP contribution in [0, 0.1) is 17.3 Å². The van der Waals surface area contributed by atoms with Crippen LogP contribution in [0.15, 0.2) is 35.9 Å². The first kappa shape index (κ1) is 17.7. The summed E-state index contributed by atoms with van der Waals surface area (Å²) in [5.41, 5.74) is 2.43. The van der Waals surface area contributed by atoms with Gasteiger partial charge in [-0.1, -0.05) is 37.6 Å². The largest absolute Gasteiger partial charge is 0.333 e. The monoisotopic (exact) mass is 368 g/mol. The van der Waals surface area contributed by atoms with E-state index in [9.17, 15) is 4.79 Å². The number of benzene rings is 1. The van der Waals surface area contributed by atoms with Crippen molar-refractivity contribution >= 4 is 27.5 Å². The summed E-state index contributed by atoms with van der Waals surface area (Å²) in [4.78, 5) is 20.5. The second-order valence-corrected chi connectivity index (χ2v) is 9.69. The van der Waals surface area contributed by atoms with Gasteiger partial charge >= 0.3 is 0 Å². The quantitative estimate of drug-likeness (QED) is 0.662. The van der Waals surface area contributed by atoms with Crippen molar-refractivity contribution < 1.29 is 4.79 Å². The predicted molar refractivity (Wildman–Crippen MR) is 108 cm³/mol. The summed E-state index contributed by atoms with van der Waals surface area (Å²) >= 11 is 1.75. The van der Waals surface area contributed by atoms with Crippen molar-refractivity contribution in [2.45, 2.75) is 53.0 Å². The SMILES string of the molecule is CC(C)=CC1C(C(=O)N2CCCCC2c2nc3ccccc3s2)C1(C)C. The molecule has 1 aliphatic carbocycles. The van der Waals surface area contributed by atoms with Gasteiger partial charge in [0.1, 0.15) is 5.01 Å². The molecule has 0 N–H and O–H groups in total. The number of carbonyl (C=O) groups is 1. The Hall–Kier alpha value is -1.68. The maximum Gasteiger partial charge on any atom is 0.227 e. The first-order valence-corrected chi connectivity index (χ1v) is 10.5. The van der Waals surface area contributed by atoms with Crippen molar-refractivity contribution in [1.29, 1.82) is 0 Å². The van der Waals surface area contributed by atoms with E-state index in [1.807, 2.05) is 6.07 Å². The number of carbonyl (C=O) groups excluding carboxylic acids is 1. The Morgan fingerprint density at radius 3 is 2.77 bits per heavy atom. The van der Waals surface area contributed by atoms with E-state index in [1.165, 1.54) is 16.7 Å². The average molecular weight is 369 g/mol. The zero-order chi connectivity index (χ0) is 18.5. The number of fused-ring (bicyclic) bond motifs is 1. The third kappa shape index (κ3) is 2.98. The molecule has 1 aromatic carbocycles. The van der Waals surface area contributed by atoms with Gasteiger partial charge < -0.3 is 4.90 Å².